The molecule has 0 spiro atoms. The highest BCUT2D eigenvalue weighted by Crippen LogP contribution is 2.17. The highest BCUT2D eigenvalue weighted by Gasteiger charge is 2.20. The number of hydrogen-bond acceptors (Lipinski definition) is 4. The molecular formula is C48H95NO4. The van der Waals surface area contributed by atoms with Gasteiger partial charge in [-0.1, -0.05) is 251 Å². The van der Waals surface area contributed by atoms with E-state index >= 15 is 0 Å². The van der Waals surface area contributed by atoms with Crippen molar-refractivity contribution in [3.05, 3.63) is 12.2 Å². The molecule has 0 aliphatic heterocycles. The zero-order valence-corrected chi connectivity index (χ0v) is 35.9. The van der Waals surface area contributed by atoms with Gasteiger partial charge < -0.3 is 20.6 Å². The second kappa shape index (κ2) is 43.8. The number of amides is 1. The fourth-order valence-electron chi connectivity index (χ4n) is 7.64. The Morgan fingerprint density at radius 1 is 0.472 bits per heavy atom. The third-order valence-corrected chi connectivity index (χ3v) is 11.3. The Kier molecular flexibility index (Phi) is 43.1. The zero-order valence-electron chi connectivity index (χ0n) is 35.9. The number of nitrogens with one attached hydrogen (secondary N) is 1. The number of aliphatic hydroxyl groups excluding tert-OH is 3. The van der Waals surface area contributed by atoms with Crippen LogP contribution in [0.5, 0.6) is 0 Å². The van der Waals surface area contributed by atoms with Crippen molar-refractivity contribution in [2.24, 2.45) is 0 Å². The Morgan fingerprint density at radius 3 is 1.09 bits per heavy atom. The maximum atomic E-state index is 12.5. The molecule has 53 heavy (non-hydrogen) atoms. The monoisotopic (exact) mass is 750 g/mol. The van der Waals surface area contributed by atoms with E-state index in [1.165, 1.54) is 212 Å². The van der Waals surface area contributed by atoms with E-state index < -0.39 is 18.2 Å². The van der Waals surface area contributed by atoms with E-state index in [-0.39, 0.29) is 18.9 Å². The van der Waals surface area contributed by atoms with E-state index in [1.807, 2.05) is 6.08 Å². The topological polar surface area (TPSA) is 89.8 Å². The average molecular weight is 750 g/mol. The maximum Gasteiger partial charge on any atom is 0.222 e. The first kappa shape index (κ1) is 52.1. The molecule has 5 nitrogen and oxygen atoms in total. The van der Waals surface area contributed by atoms with Crippen molar-refractivity contribution in [1.82, 2.24) is 5.32 Å². The van der Waals surface area contributed by atoms with E-state index in [4.69, 9.17) is 0 Å². The molecule has 0 aromatic heterocycles. The number of carbonyl (C=O) groups excluding carboxylic acids is 1. The number of carbonyl (C=O) groups is 1. The predicted molar refractivity (Wildman–Crippen MR) is 232 cm³/mol. The van der Waals surface area contributed by atoms with Gasteiger partial charge in [-0.25, -0.2) is 0 Å². The number of hydrogen-bond donors (Lipinski definition) is 4. The lowest BCUT2D eigenvalue weighted by molar-refractivity contribution is -0.124. The van der Waals surface area contributed by atoms with Crippen molar-refractivity contribution in [2.75, 3.05) is 6.61 Å². The summed E-state index contributed by atoms with van der Waals surface area (Å²) in [7, 11) is 0. The summed E-state index contributed by atoms with van der Waals surface area (Å²) in [5, 5.41) is 33.3. The molecule has 0 bridgehead atoms. The third kappa shape index (κ3) is 40.6. The summed E-state index contributed by atoms with van der Waals surface area (Å²) >= 11 is 0. The van der Waals surface area contributed by atoms with E-state index in [0.717, 1.165) is 25.7 Å². The van der Waals surface area contributed by atoms with Crippen molar-refractivity contribution < 1.29 is 20.1 Å². The molecule has 4 N–H and O–H groups in total. The predicted octanol–water partition coefficient (Wildman–Crippen LogP) is 14.0. The van der Waals surface area contributed by atoms with Gasteiger partial charge in [-0.05, 0) is 19.3 Å². The van der Waals surface area contributed by atoms with Crippen LogP contribution in [0.3, 0.4) is 0 Å². The number of rotatable bonds is 44. The molecule has 0 aliphatic rings. The Hall–Kier alpha value is -0.910. The highest BCUT2D eigenvalue weighted by atomic mass is 16.3. The van der Waals surface area contributed by atoms with Crippen molar-refractivity contribution in [1.29, 1.82) is 0 Å². The van der Waals surface area contributed by atoms with Gasteiger partial charge in [-0.15, -0.1) is 0 Å². The molecule has 3 atom stereocenters. The van der Waals surface area contributed by atoms with Crippen LogP contribution in [-0.2, 0) is 4.79 Å². The highest BCUT2D eigenvalue weighted by molar-refractivity contribution is 5.76. The molecule has 0 saturated heterocycles. The fourth-order valence-corrected chi connectivity index (χ4v) is 7.64. The van der Waals surface area contributed by atoms with Gasteiger partial charge in [0.25, 0.3) is 0 Å². The van der Waals surface area contributed by atoms with Gasteiger partial charge in [-0.2, -0.15) is 0 Å². The molecule has 0 aromatic rings. The van der Waals surface area contributed by atoms with Crippen LogP contribution in [0.15, 0.2) is 12.2 Å². The second-order valence-electron chi connectivity index (χ2n) is 16.7. The first-order chi connectivity index (χ1) is 26.0. The fraction of sp³-hybridized carbons (Fsp3) is 0.938. The minimum absolute atomic E-state index is 0.0190. The van der Waals surface area contributed by atoms with Gasteiger partial charge in [0, 0.05) is 0 Å². The van der Waals surface area contributed by atoms with Crippen molar-refractivity contribution in [3.63, 3.8) is 0 Å². The summed E-state index contributed by atoms with van der Waals surface area (Å²) in [6, 6.07) is -0.739. The van der Waals surface area contributed by atoms with Gasteiger partial charge in [0.05, 0.1) is 31.3 Å². The molecule has 316 valence electrons. The summed E-state index contributed by atoms with van der Waals surface area (Å²) in [6.45, 7) is 4.24. The molecule has 5 heteroatoms. The van der Waals surface area contributed by atoms with Gasteiger partial charge in [0.15, 0.2) is 0 Å². The second-order valence-corrected chi connectivity index (χ2v) is 16.7. The smallest absolute Gasteiger partial charge is 0.222 e. The molecule has 0 aromatic carbocycles. The standard InChI is InChI=1S/C48H95NO4/c1-3-5-7-9-11-13-15-17-19-21-22-23-24-26-28-30-32-34-36-38-40-42-47(52)46(44-50)49-48(53)43-45(51)41-39-37-35-33-31-29-27-25-20-18-16-14-12-10-8-6-4-2/h40,42,45-47,50-52H,3-39,41,43-44H2,1-2H3,(H,49,53)/b42-40+. The maximum absolute atomic E-state index is 12.5. The van der Waals surface area contributed by atoms with E-state index in [9.17, 15) is 20.1 Å². The van der Waals surface area contributed by atoms with Crippen LogP contribution < -0.4 is 5.32 Å². The average Bonchev–Trinajstić information content (AvgIpc) is 3.15. The zero-order chi connectivity index (χ0) is 38.7. The molecule has 0 saturated carbocycles. The lowest BCUT2D eigenvalue weighted by Gasteiger charge is -2.21. The van der Waals surface area contributed by atoms with Crippen molar-refractivity contribution in [2.45, 2.75) is 283 Å². The van der Waals surface area contributed by atoms with Gasteiger partial charge >= 0.3 is 0 Å². The quantitative estimate of drug-likeness (QED) is 0.0369. The van der Waals surface area contributed by atoms with Crippen LogP contribution >= 0.6 is 0 Å². The lowest BCUT2D eigenvalue weighted by atomic mass is 10.0. The number of aliphatic hydroxyl groups is 3. The Balaban J connectivity index is 3.60. The van der Waals surface area contributed by atoms with Crippen molar-refractivity contribution >= 4 is 5.91 Å². The van der Waals surface area contributed by atoms with Gasteiger partial charge in [-0.3, -0.25) is 4.79 Å². The van der Waals surface area contributed by atoms with Crippen LogP contribution in [0.4, 0.5) is 0 Å². The first-order valence-corrected chi connectivity index (χ1v) is 24.0. The molecule has 0 rings (SSSR count). The minimum atomic E-state index is -0.925. The molecule has 1 amide bonds. The summed E-state index contributed by atoms with van der Waals surface area (Å²) in [6.07, 6.45) is 52.2. The van der Waals surface area contributed by atoms with Crippen molar-refractivity contribution in [3.8, 4) is 0 Å². The molecule has 0 heterocycles. The summed E-state index contributed by atoms with van der Waals surface area (Å²) in [5.41, 5.74) is 0. The molecule has 0 radical (unpaired) electrons. The number of unbranched alkanes of at least 4 members (excludes halogenated alkanes) is 35. The minimum Gasteiger partial charge on any atom is -0.394 e. The van der Waals surface area contributed by atoms with E-state index in [1.54, 1.807) is 6.08 Å². The summed E-state index contributed by atoms with van der Waals surface area (Å²) in [4.78, 5) is 12.5. The van der Waals surface area contributed by atoms with Crippen LogP contribution in [0.1, 0.15) is 264 Å². The van der Waals surface area contributed by atoms with Crippen LogP contribution in [-0.4, -0.2) is 46.1 Å². The van der Waals surface area contributed by atoms with Gasteiger partial charge in [0.2, 0.25) is 5.91 Å². The molecule has 0 fully saturated rings. The largest absolute Gasteiger partial charge is 0.394 e. The van der Waals surface area contributed by atoms with Crippen LogP contribution in [0, 0.1) is 0 Å². The van der Waals surface area contributed by atoms with Gasteiger partial charge in [0.1, 0.15) is 0 Å². The van der Waals surface area contributed by atoms with Crippen LogP contribution in [0.25, 0.3) is 0 Å². The molecular weight excluding hydrogens is 655 g/mol. The summed E-state index contributed by atoms with van der Waals surface area (Å²) in [5.74, 6) is -0.310. The Bertz CT molecular complexity index is 743. The Morgan fingerprint density at radius 2 is 0.774 bits per heavy atom. The van der Waals surface area contributed by atoms with E-state index in [0.29, 0.717) is 6.42 Å². The van der Waals surface area contributed by atoms with Crippen LogP contribution in [0.2, 0.25) is 0 Å². The molecule has 0 aliphatic carbocycles. The normalized spacial score (nSPS) is 13.5. The Labute approximate surface area is 331 Å². The first-order valence-electron chi connectivity index (χ1n) is 24.0. The SMILES string of the molecule is CCCCCCCCCCCCCCCCCCCCC/C=C/C(O)C(CO)NC(=O)CC(O)CCCCCCCCCCCCCCCCCCC. The summed E-state index contributed by atoms with van der Waals surface area (Å²) < 4.78 is 0. The lowest BCUT2D eigenvalue weighted by Crippen LogP contribution is -2.45. The third-order valence-electron chi connectivity index (χ3n) is 11.3. The number of allylic oxidation sites excluding steroid dienone is 1. The molecule has 3 unspecified atom stereocenters. The van der Waals surface area contributed by atoms with E-state index in [2.05, 4.69) is 19.2 Å².